The maximum atomic E-state index is 13.9. The Morgan fingerprint density at radius 3 is 2.07 bits per heavy atom. The number of rotatable bonds is 7. The number of fused-ring (bicyclic) bond motifs is 1. The summed E-state index contributed by atoms with van der Waals surface area (Å²) in [5, 5.41) is 19.5. The zero-order valence-electron chi connectivity index (χ0n) is 20.0. The number of benzene rings is 3. The molecule has 20 heteroatoms. The summed E-state index contributed by atoms with van der Waals surface area (Å²) in [4.78, 5) is 4.06. The van der Waals surface area contributed by atoms with Crippen LogP contribution in [0.1, 0.15) is 5.69 Å². The molecule has 0 bridgehead atoms. The number of azo groups is 1. The molecule has 0 aliphatic carbocycles. The summed E-state index contributed by atoms with van der Waals surface area (Å²) in [5.41, 5.74) is -1.82. The smallest absolute Gasteiger partial charge is 0.310 e. The first-order valence-electron chi connectivity index (χ1n) is 10.6. The second kappa shape index (κ2) is 10.5. The fourth-order valence-corrected chi connectivity index (χ4v) is 5.74. The second-order valence-corrected chi connectivity index (χ2v) is 12.6. The van der Waals surface area contributed by atoms with Crippen molar-refractivity contribution in [3.8, 4) is 5.75 Å². The van der Waals surface area contributed by atoms with Crippen LogP contribution < -0.4 is 5.32 Å². The molecule has 0 aliphatic heterocycles. The van der Waals surface area contributed by atoms with Crippen molar-refractivity contribution in [2.75, 3.05) is 5.32 Å². The number of aromatic nitrogens is 2. The summed E-state index contributed by atoms with van der Waals surface area (Å²) in [7, 11) is -15.2. The van der Waals surface area contributed by atoms with Gasteiger partial charge >= 0.3 is 6.08 Å². The van der Waals surface area contributed by atoms with Crippen molar-refractivity contribution in [3.63, 3.8) is 0 Å². The number of phenols is 1. The van der Waals surface area contributed by atoms with Gasteiger partial charge in [-0.2, -0.15) is 34.6 Å². The molecule has 1 aromatic heterocycles. The zero-order valence-corrected chi connectivity index (χ0v) is 23.3. The van der Waals surface area contributed by atoms with Gasteiger partial charge in [0.05, 0.1) is 16.8 Å². The van der Waals surface area contributed by atoms with E-state index in [9.17, 15) is 48.4 Å². The molecule has 0 saturated heterocycles. The van der Waals surface area contributed by atoms with Crippen molar-refractivity contribution in [3.05, 3.63) is 59.3 Å². The maximum absolute atomic E-state index is 13.9. The third-order valence-corrected chi connectivity index (χ3v) is 8.51. The number of aryl methyl sites for hydroxylation is 1. The molecule has 4 rings (SSSR count). The van der Waals surface area contributed by atoms with Crippen LogP contribution >= 0.6 is 11.6 Å². The van der Waals surface area contributed by atoms with Gasteiger partial charge in [-0.25, -0.2) is 4.98 Å². The van der Waals surface area contributed by atoms with Crippen LogP contribution in [-0.4, -0.2) is 54.0 Å². The van der Waals surface area contributed by atoms with E-state index in [1.54, 1.807) is 0 Å². The Labute approximate surface area is 235 Å². The minimum Gasteiger partial charge on any atom is -0.505 e. The van der Waals surface area contributed by atoms with Gasteiger partial charge in [-0.3, -0.25) is 13.7 Å². The van der Waals surface area contributed by atoms with Crippen LogP contribution in [0.2, 0.25) is 5.02 Å². The number of nitrogens with zero attached hydrogens (tertiary/aromatic N) is 4. The topological polar surface area (TPSA) is 246 Å². The lowest BCUT2D eigenvalue weighted by Crippen LogP contribution is -2.05. The minimum absolute atomic E-state index is 0.00889. The first-order chi connectivity index (χ1) is 18.9. The van der Waals surface area contributed by atoms with Gasteiger partial charge in [0.1, 0.15) is 31.1 Å². The Balaban J connectivity index is 2.10. The summed E-state index contributed by atoms with van der Waals surface area (Å²) in [6.07, 6.45) is -1.21. The number of hydrogen-bond acceptors (Lipinski definition) is 12. The van der Waals surface area contributed by atoms with Gasteiger partial charge in [0, 0.05) is 5.39 Å². The molecular formula is C21H15ClFN5O10S3. The van der Waals surface area contributed by atoms with E-state index in [1.165, 1.54) is 19.1 Å². The summed E-state index contributed by atoms with van der Waals surface area (Å²) < 4.78 is 115. The van der Waals surface area contributed by atoms with Crippen LogP contribution in [0.3, 0.4) is 0 Å². The molecule has 216 valence electrons. The third kappa shape index (κ3) is 6.10. The van der Waals surface area contributed by atoms with E-state index in [4.69, 9.17) is 11.6 Å². The van der Waals surface area contributed by atoms with Gasteiger partial charge in [-0.1, -0.05) is 23.7 Å². The molecule has 0 atom stereocenters. The van der Waals surface area contributed by atoms with Crippen LogP contribution in [0.5, 0.6) is 5.75 Å². The number of phenolic OH excluding ortho intramolecular Hbond substituents is 1. The predicted molar refractivity (Wildman–Crippen MR) is 141 cm³/mol. The highest BCUT2D eigenvalue weighted by Crippen LogP contribution is 2.47. The van der Waals surface area contributed by atoms with Crippen molar-refractivity contribution < 1.29 is 48.4 Å². The minimum atomic E-state index is -5.31. The molecule has 0 radical (unpaired) electrons. The number of halogens is 2. The lowest BCUT2D eigenvalue weighted by Gasteiger charge is -2.16. The predicted octanol–water partition coefficient (Wildman–Crippen LogP) is 4.34. The Morgan fingerprint density at radius 1 is 0.854 bits per heavy atom. The molecule has 5 N–H and O–H groups in total. The van der Waals surface area contributed by atoms with Crippen molar-refractivity contribution in [1.82, 2.24) is 9.97 Å². The van der Waals surface area contributed by atoms with Crippen LogP contribution in [0.25, 0.3) is 10.8 Å². The van der Waals surface area contributed by atoms with Gasteiger partial charge in [-0.05, 0) is 37.3 Å². The molecule has 0 aliphatic rings. The third-order valence-electron chi connectivity index (χ3n) is 5.37. The molecule has 0 fully saturated rings. The van der Waals surface area contributed by atoms with Crippen LogP contribution in [0, 0.1) is 13.0 Å². The molecular weight excluding hydrogens is 633 g/mol. The molecule has 15 nitrogen and oxygen atoms in total. The van der Waals surface area contributed by atoms with Crippen LogP contribution in [0.15, 0.2) is 67.4 Å². The molecule has 0 spiro atoms. The first kappa shape index (κ1) is 30.1. The largest absolute Gasteiger partial charge is 0.505 e. The van der Waals surface area contributed by atoms with E-state index in [0.29, 0.717) is 6.07 Å². The van der Waals surface area contributed by atoms with Crippen molar-refractivity contribution >= 4 is 75.6 Å². The second-order valence-electron chi connectivity index (χ2n) is 8.06. The molecule has 3 aromatic carbocycles. The number of anilines is 2. The number of nitrogens with one attached hydrogen (secondary N) is 1. The molecule has 4 aromatic rings. The van der Waals surface area contributed by atoms with Gasteiger partial charge in [0.2, 0.25) is 0 Å². The van der Waals surface area contributed by atoms with E-state index >= 15 is 0 Å². The number of hydrogen-bond donors (Lipinski definition) is 5. The summed E-state index contributed by atoms with van der Waals surface area (Å²) in [6, 6.07) is 6.86. The summed E-state index contributed by atoms with van der Waals surface area (Å²) in [5.74, 6) is -1.51. The summed E-state index contributed by atoms with van der Waals surface area (Å²) >= 11 is 6.13. The van der Waals surface area contributed by atoms with Gasteiger partial charge in [0.25, 0.3) is 30.4 Å². The lowest BCUT2D eigenvalue weighted by molar-refractivity contribution is 0.471. The Hall–Kier alpha value is -3.85. The quantitative estimate of drug-likeness (QED) is 0.107. The highest BCUT2D eigenvalue weighted by atomic mass is 35.5. The van der Waals surface area contributed by atoms with Crippen molar-refractivity contribution in [2.45, 2.75) is 21.6 Å². The molecule has 41 heavy (non-hydrogen) atoms. The lowest BCUT2D eigenvalue weighted by atomic mass is 10.1. The van der Waals surface area contributed by atoms with Gasteiger partial charge in [0.15, 0.2) is 11.6 Å². The highest BCUT2D eigenvalue weighted by molar-refractivity contribution is 7.86. The SMILES string of the molecule is Cc1nc(F)nc(Nc2ccc(S(=O)(=O)O)c3cc(S(=O)(=O)O)c(N=Nc4ccccc4S(=O)(=O)O)c(O)c23)c1Cl. The Kier molecular flexibility index (Phi) is 7.73. The monoisotopic (exact) mass is 647 g/mol. The standard InChI is InChI=1S/C21H15ClFN5O10S3/c1-9-17(22)20(26-21(23)24-9)25-12-6-7-13(39(30,31)32)10-8-15(41(36,37)38)18(19(29)16(10)12)28-27-11-4-2-3-5-14(11)40(33,34)35/h2-8,29H,1H3,(H,24,25,26)(H,30,31,32)(H,33,34,35)(H,36,37,38). The molecule has 1 heterocycles. The average Bonchev–Trinajstić information content (AvgIpc) is 2.84. The Bertz CT molecular complexity index is 2110. The van der Waals surface area contributed by atoms with E-state index in [-0.39, 0.29) is 22.2 Å². The highest BCUT2D eigenvalue weighted by Gasteiger charge is 2.28. The number of aromatic hydroxyl groups is 1. The average molecular weight is 648 g/mol. The zero-order chi connectivity index (χ0) is 30.5. The van der Waals surface area contributed by atoms with E-state index in [1.807, 2.05) is 0 Å². The van der Waals surface area contributed by atoms with Crippen LogP contribution in [0.4, 0.5) is 27.3 Å². The van der Waals surface area contributed by atoms with Gasteiger partial charge < -0.3 is 10.4 Å². The van der Waals surface area contributed by atoms with E-state index < -0.39 is 79.0 Å². The van der Waals surface area contributed by atoms with Crippen molar-refractivity contribution in [2.24, 2.45) is 10.2 Å². The maximum Gasteiger partial charge on any atom is 0.310 e. The van der Waals surface area contributed by atoms with Gasteiger partial charge in [-0.15, -0.1) is 10.2 Å². The fraction of sp³-hybridized carbons (Fsp3) is 0.0476. The van der Waals surface area contributed by atoms with E-state index in [0.717, 1.165) is 24.3 Å². The fourth-order valence-electron chi connectivity index (χ4n) is 3.65. The van der Waals surface area contributed by atoms with Crippen LogP contribution in [-0.2, 0) is 30.4 Å². The Morgan fingerprint density at radius 2 is 1.46 bits per heavy atom. The summed E-state index contributed by atoms with van der Waals surface area (Å²) in [6.45, 7) is 1.34. The molecule has 0 unspecified atom stereocenters. The molecule has 0 amide bonds. The normalized spacial score (nSPS) is 12.7. The first-order valence-corrected chi connectivity index (χ1v) is 15.3. The van der Waals surface area contributed by atoms with Crippen molar-refractivity contribution in [1.29, 1.82) is 0 Å². The molecule has 0 saturated carbocycles. The van der Waals surface area contributed by atoms with E-state index in [2.05, 4.69) is 25.5 Å².